The van der Waals surface area contributed by atoms with Crippen LogP contribution in [0.3, 0.4) is 0 Å². The van der Waals surface area contributed by atoms with Crippen molar-refractivity contribution in [2.75, 3.05) is 0 Å². The molecule has 1 saturated carbocycles. The lowest BCUT2D eigenvalue weighted by Crippen LogP contribution is -2.04. The zero-order chi connectivity index (χ0) is 7.52. The van der Waals surface area contributed by atoms with Crippen LogP contribution in [0.4, 0.5) is 0 Å². The van der Waals surface area contributed by atoms with Crippen molar-refractivity contribution < 1.29 is 0 Å². The van der Waals surface area contributed by atoms with Crippen LogP contribution in [0.25, 0.3) is 0 Å². The highest BCUT2D eigenvalue weighted by atomic mass is 15.1. The monoisotopic (exact) mass is 149 g/mol. The van der Waals surface area contributed by atoms with E-state index in [-0.39, 0.29) is 0 Å². The third-order valence-electron chi connectivity index (χ3n) is 2.38. The first-order valence-electron chi connectivity index (χ1n) is 4.28. The molecule has 1 aromatic rings. The van der Waals surface area contributed by atoms with Crippen LogP contribution >= 0.6 is 0 Å². The van der Waals surface area contributed by atoms with Gasteiger partial charge < -0.3 is 0 Å². The van der Waals surface area contributed by atoms with Crippen LogP contribution in [0.15, 0.2) is 12.3 Å². The molecule has 0 atom stereocenters. The summed E-state index contributed by atoms with van der Waals surface area (Å²) < 4.78 is 0. The molecule has 0 bridgehead atoms. The van der Waals surface area contributed by atoms with Crippen LogP contribution in [0, 0.1) is 6.42 Å². The minimum Gasteiger partial charge on any atom is -0.285 e. The Morgan fingerprint density at radius 3 is 2.82 bits per heavy atom. The molecule has 1 N–H and O–H groups in total. The standard InChI is InChI=1S/C9H13N2/c1-2-4-8(5-3-1)9-6-7-10-11-9/h1,6-8H,2-5H2,(H,10,11). The molecule has 0 spiro atoms. The van der Waals surface area contributed by atoms with E-state index in [2.05, 4.69) is 22.7 Å². The zero-order valence-electron chi connectivity index (χ0n) is 6.59. The molecule has 2 nitrogen and oxygen atoms in total. The Bertz CT molecular complexity index is 197. The van der Waals surface area contributed by atoms with E-state index in [0.717, 1.165) is 0 Å². The van der Waals surface area contributed by atoms with Gasteiger partial charge in [-0.25, -0.2) is 0 Å². The van der Waals surface area contributed by atoms with Crippen LogP contribution in [-0.4, -0.2) is 10.2 Å². The van der Waals surface area contributed by atoms with E-state index in [1.165, 1.54) is 31.4 Å². The fourth-order valence-electron chi connectivity index (χ4n) is 1.72. The highest BCUT2D eigenvalue weighted by Gasteiger charge is 2.16. The van der Waals surface area contributed by atoms with Crippen molar-refractivity contribution >= 4 is 0 Å². The average molecular weight is 149 g/mol. The molecule has 2 rings (SSSR count). The second kappa shape index (κ2) is 3.07. The number of H-pyrrole nitrogens is 1. The summed E-state index contributed by atoms with van der Waals surface area (Å²) in [6, 6.07) is 2.09. The van der Waals surface area contributed by atoms with E-state index in [9.17, 15) is 0 Å². The minimum absolute atomic E-state index is 0.714. The molecule has 0 saturated heterocycles. The molecule has 1 heterocycles. The summed E-state index contributed by atoms with van der Waals surface area (Å²) in [6.45, 7) is 0. The van der Waals surface area contributed by atoms with Gasteiger partial charge in [-0.1, -0.05) is 0 Å². The molecule has 0 aromatic carbocycles. The first-order chi connectivity index (χ1) is 5.47. The Morgan fingerprint density at radius 1 is 1.36 bits per heavy atom. The van der Waals surface area contributed by atoms with Crippen LogP contribution in [0.2, 0.25) is 0 Å². The fraction of sp³-hybridized carbons (Fsp3) is 0.556. The quantitative estimate of drug-likeness (QED) is 0.652. The zero-order valence-corrected chi connectivity index (χ0v) is 6.59. The van der Waals surface area contributed by atoms with Gasteiger partial charge in [0.2, 0.25) is 0 Å². The second-order valence-corrected chi connectivity index (χ2v) is 3.14. The van der Waals surface area contributed by atoms with E-state index in [0.29, 0.717) is 5.92 Å². The Labute approximate surface area is 67.0 Å². The van der Waals surface area contributed by atoms with E-state index in [1.807, 2.05) is 6.20 Å². The summed E-state index contributed by atoms with van der Waals surface area (Å²) in [5, 5.41) is 7.07. The van der Waals surface area contributed by atoms with Crippen molar-refractivity contribution in [2.24, 2.45) is 0 Å². The molecule has 1 aromatic heterocycles. The van der Waals surface area contributed by atoms with Crippen molar-refractivity contribution in [3.63, 3.8) is 0 Å². The molecule has 0 unspecified atom stereocenters. The lowest BCUT2D eigenvalue weighted by molar-refractivity contribution is 0.501. The lowest BCUT2D eigenvalue weighted by Gasteiger charge is -2.18. The Kier molecular flexibility index (Phi) is 1.93. The van der Waals surface area contributed by atoms with Crippen LogP contribution < -0.4 is 0 Å². The molecular formula is C9H13N2. The summed E-state index contributed by atoms with van der Waals surface area (Å²) in [6.07, 6.45) is 9.38. The molecule has 0 amide bonds. The van der Waals surface area contributed by atoms with E-state index >= 15 is 0 Å². The highest BCUT2D eigenvalue weighted by molar-refractivity contribution is 5.07. The van der Waals surface area contributed by atoms with Crippen molar-refractivity contribution in [1.29, 1.82) is 0 Å². The predicted octanol–water partition coefficient (Wildman–Crippen LogP) is 2.27. The first kappa shape index (κ1) is 6.89. The van der Waals surface area contributed by atoms with Crippen LogP contribution in [0.1, 0.15) is 37.3 Å². The summed E-state index contributed by atoms with van der Waals surface area (Å²) in [5.74, 6) is 0.714. The van der Waals surface area contributed by atoms with Gasteiger partial charge in [0, 0.05) is 12.1 Å². The number of hydrogen-bond donors (Lipinski definition) is 1. The van der Waals surface area contributed by atoms with Crippen molar-refractivity contribution in [2.45, 2.75) is 31.6 Å². The number of aromatic nitrogens is 2. The maximum absolute atomic E-state index is 4.20. The van der Waals surface area contributed by atoms with Crippen LogP contribution in [-0.2, 0) is 0 Å². The maximum Gasteiger partial charge on any atom is 0.0652 e. The Balaban J connectivity index is 2.04. The van der Waals surface area contributed by atoms with E-state index < -0.39 is 0 Å². The maximum atomic E-state index is 4.20. The molecule has 2 heteroatoms. The Morgan fingerprint density at radius 2 is 2.18 bits per heavy atom. The summed E-state index contributed by atoms with van der Waals surface area (Å²) in [7, 11) is 0. The largest absolute Gasteiger partial charge is 0.285 e. The molecule has 0 aliphatic heterocycles. The highest BCUT2D eigenvalue weighted by Crippen LogP contribution is 2.30. The number of rotatable bonds is 1. The number of nitrogens with one attached hydrogen (secondary N) is 1. The predicted molar refractivity (Wildman–Crippen MR) is 44.1 cm³/mol. The van der Waals surface area contributed by atoms with Crippen molar-refractivity contribution in [3.8, 4) is 0 Å². The molecule has 59 valence electrons. The van der Waals surface area contributed by atoms with Gasteiger partial charge in [0.05, 0.1) is 5.69 Å². The van der Waals surface area contributed by atoms with Gasteiger partial charge >= 0.3 is 0 Å². The van der Waals surface area contributed by atoms with Crippen LogP contribution in [0.5, 0.6) is 0 Å². The number of nitrogens with zero attached hydrogens (tertiary/aromatic N) is 1. The third kappa shape index (κ3) is 1.44. The Hall–Kier alpha value is -0.790. The van der Waals surface area contributed by atoms with E-state index in [1.54, 1.807) is 0 Å². The molecule has 1 radical (unpaired) electrons. The lowest BCUT2D eigenvalue weighted by atomic mass is 9.87. The average Bonchev–Trinajstić information content (AvgIpc) is 2.58. The third-order valence-corrected chi connectivity index (χ3v) is 2.38. The normalized spacial score (nSPS) is 20.4. The molecule has 1 aliphatic rings. The minimum atomic E-state index is 0.714. The van der Waals surface area contributed by atoms with Gasteiger partial charge in [-0.15, -0.1) is 0 Å². The smallest absolute Gasteiger partial charge is 0.0652 e. The van der Waals surface area contributed by atoms with Gasteiger partial charge in [0.1, 0.15) is 0 Å². The fourth-order valence-corrected chi connectivity index (χ4v) is 1.72. The van der Waals surface area contributed by atoms with Gasteiger partial charge in [-0.2, -0.15) is 5.10 Å². The first-order valence-corrected chi connectivity index (χ1v) is 4.28. The van der Waals surface area contributed by atoms with Crippen molar-refractivity contribution in [1.82, 2.24) is 10.2 Å². The SMILES string of the molecule is [CH]1CCC(c2cc[nH]n2)CC1. The summed E-state index contributed by atoms with van der Waals surface area (Å²) in [5.41, 5.74) is 1.25. The number of hydrogen-bond acceptors (Lipinski definition) is 1. The van der Waals surface area contributed by atoms with E-state index in [4.69, 9.17) is 0 Å². The van der Waals surface area contributed by atoms with Gasteiger partial charge in [0.15, 0.2) is 0 Å². The van der Waals surface area contributed by atoms with Crippen molar-refractivity contribution in [3.05, 3.63) is 24.4 Å². The number of aromatic amines is 1. The van der Waals surface area contributed by atoms with Gasteiger partial charge in [-0.3, -0.25) is 5.10 Å². The second-order valence-electron chi connectivity index (χ2n) is 3.14. The summed E-state index contributed by atoms with van der Waals surface area (Å²) >= 11 is 0. The molecular weight excluding hydrogens is 136 g/mol. The van der Waals surface area contributed by atoms with Gasteiger partial charge in [0.25, 0.3) is 0 Å². The molecule has 1 fully saturated rings. The molecule has 1 aliphatic carbocycles. The molecule has 11 heavy (non-hydrogen) atoms. The topological polar surface area (TPSA) is 28.7 Å². The summed E-state index contributed by atoms with van der Waals surface area (Å²) in [4.78, 5) is 0. The van der Waals surface area contributed by atoms with Gasteiger partial charge in [-0.05, 0) is 38.2 Å².